The number of fused-ring (bicyclic) bond motifs is 1. The Balaban J connectivity index is 3.00. The highest BCUT2D eigenvalue weighted by Crippen LogP contribution is 2.22. The number of carboxylic acids is 1. The molecule has 0 spiro atoms. The molecule has 0 fully saturated rings. The van der Waals surface area contributed by atoms with E-state index in [2.05, 4.69) is 0 Å². The summed E-state index contributed by atoms with van der Waals surface area (Å²) < 4.78 is 1.55. The van der Waals surface area contributed by atoms with E-state index in [1.807, 2.05) is 6.92 Å². The molecule has 1 heterocycles. The molecule has 2 aromatic rings. The van der Waals surface area contributed by atoms with Crippen molar-refractivity contribution in [3.05, 3.63) is 40.2 Å². The molecule has 0 atom stereocenters. The van der Waals surface area contributed by atoms with Crippen molar-refractivity contribution >= 4 is 16.9 Å². The van der Waals surface area contributed by atoms with Gasteiger partial charge in [-0.05, 0) is 19.1 Å². The molecule has 1 aromatic heterocycles. The topological polar surface area (TPSA) is 79.5 Å². The van der Waals surface area contributed by atoms with Gasteiger partial charge in [0.2, 0.25) is 5.43 Å². The fourth-order valence-corrected chi connectivity index (χ4v) is 1.84. The SMILES string of the molecule is CCn1cc(C(=O)O)c(=O)c2cccc(O)c21. The predicted octanol–water partition coefficient (Wildman–Crippen LogP) is 1.43. The van der Waals surface area contributed by atoms with Crippen molar-refractivity contribution in [3.8, 4) is 5.75 Å². The van der Waals surface area contributed by atoms with Gasteiger partial charge in [-0.25, -0.2) is 4.79 Å². The fourth-order valence-electron chi connectivity index (χ4n) is 1.84. The molecule has 17 heavy (non-hydrogen) atoms. The maximum atomic E-state index is 11.9. The number of phenolic OH excluding ortho intramolecular Hbond substituents is 1. The summed E-state index contributed by atoms with van der Waals surface area (Å²) >= 11 is 0. The molecular weight excluding hydrogens is 222 g/mol. The molecule has 0 aliphatic heterocycles. The first-order chi connectivity index (χ1) is 8.06. The molecule has 0 bridgehead atoms. The van der Waals surface area contributed by atoms with Crippen LogP contribution in [0, 0.1) is 0 Å². The maximum Gasteiger partial charge on any atom is 0.341 e. The second-order valence-corrected chi connectivity index (χ2v) is 3.64. The Hall–Kier alpha value is -2.30. The number of para-hydroxylation sites is 1. The minimum Gasteiger partial charge on any atom is -0.506 e. The monoisotopic (exact) mass is 233 g/mol. The third-order valence-corrected chi connectivity index (χ3v) is 2.65. The zero-order valence-corrected chi connectivity index (χ0v) is 9.17. The van der Waals surface area contributed by atoms with E-state index >= 15 is 0 Å². The van der Waals surface area contributed by atoms with Gasteiger partial charge in [0.1, 0.15) is 11.3 Å². The maximum absolute atomic E-state index is 11.9. The van der Waals surface area contributed by atoms with Crippen LogP contribution in [0.3, 0.4) is 0 Å². The molecule has 0 saturated carbocycles. The van der Waals surface area contributed by atoms with Crippen LogP contribution in [0.2, 0.25) is 0 Å². The molecule has 0 aliphatic carbocycles. The van der Waals surface area contributed by atoms with E-state index in [1.54, 1.807) is 4.57 Å². The first-order valence-corrected chi connectivity index (χ1v) is 5.14. The van der Waals surface area contributed by atoms with Gasteiger partial charge in [-0.2, -0.15) is 0 Å². The largest absolute Gasteiger partial charge is 0.506 e. The Morgan fingerprint density at radius 1 is 1.41 bits per heavy atom. The van der Waals surface area contributed by atoms with Crippen LogP contribution in [0.5, 0.6) is 5.75 Å². The normalized spacial score (nSPS) is 10.6. The third-order valence-electron chi connectivity index (χ3n) is 2.65. The molecule has 5 heteroatoms. The average molecular weight is 233 g/mol. The summed E-state index contributed by atoms with van der Waals surface area (Å²) in [6.45, 7) is 2.27. The number of phenols is 1. The second kappa shape index (κ2) is 3.93. The Bertz CT molecular complexity index is 657. The number of hydrogen-bond acceptors (Lipinski definition) is 3. The van der Waals surface area contributed by atoms with Crippen LogP contribution in [-0.2, 0) is 6.54 Å². The van der Waals surface area contributed by atoms with Crippen molar-refractivity contribution in [1.82, 2.24) is 4.57 Å². The first-order valence-electron chi connectivity index (χ1n) is 5.14. The van der Waals surface area contributed by atoms with Crippen molar-refractivity contribution < 1.29 is 15.0 Å². The number of hydrogen-bond donors (Lipinski definition) is 2. The van der Waals surface area contributed by atoms with E-state index in [-0.39, 0.29) is 16.7 Å². The number of aromatic carboxylic acids is 1. The summed E-state index contributed by atoms with van der Waals surface area (Å²) in [5.74, 6) is -1.29. The van der Waals surface area contributed by atoms with Crippen molar-refractivity contribution in [1.29, 1.82) is 0 Å². The lowest BCUT2D eigenvalue weighted by Gasteiger charge is -2.10. The summed E-state index contributed by atoms with van der Waals surface area (Å²) in [5, 5.41) is 18.9. The summed E-state index contributed by atoms with van der Waals surface area (Å²) in [7, 11) is 0. The van der Waals surface area contributed by atoms with Gasteiger partial charge in [0, 0.05) is 12.7 Å². The molecule has 88 valence electrons. The highest BCUT2D eigenvalue weighted by molar-refractivity contribution is 5.94. The predicted molar refractivity (Wildman–Crippen MR) is 62.5 cm³/mol. The van der Waals surface area contributed by atoms with Gasteiger partial charge in [-0.15, -0.1) is 0 Å². The molecule has 5 nitrogen and oxygen atoms in total. The van der Waals surface area contributed by atoms with Crippen molar-refractivity contribution in [2.24, 2.45) is 0 Å². The number of aryl methyl sites for hydroxylation is 1. The standard InChI is InChI=1S/C12H11NO4/c1-2-13-6-8(12(16)17)11(15)7-4-3-5-9(14)10(7)13/h3-6,14H,2H2,1H3,(H,16,17). The summed E-state index contributed by atoms with van der Waals surface area (Å²) in [6.07, 6.45) is 1.26. The van der Waals surface area contributed by atoms with Gasteiger partial charge in [-0.1, -0.05) is 6.07 Å². The van der Waals surface area contributed by atoms with Crippen molar-refractivity contribution in [2.45, 2.75) is 13.5 Å². The number of pyridine rings is 1. The van der Waals surface area contributed by atoms with Crippen LogP contribution in [0.4, 0.5) is 0 Å². The van der Waals surface area contributed by atoms with E-state index < -0.39 is 11.4 Å². The molecule has 0 saturated heterocycles. The number of aromatic hydroxyl groups is 1. The van der Waals surface area contributed by atoms with E-state index in [0.717, 1.165) is 0 Å². The first kappa shape index (κ1) is 11.2. The Morgan fingerprint density at radius 2 is 2.12 bits per heavy atom. The Labute approximate surface area is 96.5 Å². The smallest absolute Gasteiger partial charge is 0.341 e. The summed E-state index contributed by atoms with van der Waals surface area (Å²) in [4.78, 5) is 22.8. The number of rotatable bonds is 2. The van der Waals surface area contributed by atoms with Crippen LogP contribution in [0.15, 0.2) is 29.2 Å². The molecule has 2 N–H and O–H groups in total. The zero-order chi connectivity index (χ0) is 12.6. The number of aromatic nitrogens is 1. The number of carbonyl (C=O) groups is 1. The summed E-state index contributed by atoms with van der Waals surface area (Å²) in [6, 6.07) is 4.50. The van der Waals surface area contributed by atoms with Crippen LogP contribution in [0.1, 0.15) is 17.3 Å². The fraction of sp³-hybridized carbons (Fsp3) is 0.167. The van der Waals surface area contributed by atoms with Crippen LogP contribution >= 0.6 is 0 Å². The van der Waals surface area contributed by atoms with Crippen molar-refractivity contribution in [3.63, 3.8) is 0 Å². The number of nitrogens with zero attached hydrogens (tertiary/aromatic N) is 1. The highest BCUT2D eigenvalue weighted by Gasteiger charge is 2.15. The van der Waals surface area contributed by atoms with Gasteiger partial charge in [0.25, 0.3) is 0 Å². The number of carboxylic acid groups (broad SMARTS) is 1. The molecule has 0 aliphatic rings. The molecule has 0 amide bonds. The van der Waals surface area contributed by atoms with Gasteiger partial charge < -0.3 is 14.8 Å². The van der Waals surface area contributed by atoms with E-state index in [9.17, 15) is 14.7 Å². The molecular formula is C12H11NO4. The molecule has 0 radical (unpaired) electrons. The van der Waals surface area contributed by atoms with Gasteiger partial charge >= 0.3 is 5.97 Å². The van der Waals surface area contributed by atoms with Crippen molar-refractivity contribution in [2.75, 3.05) is 0 Å². The Morgan fingerprint density at radius 3 is 2.71 bits per heavy atom. The third kappa shape index (κ3) is 1.65. The van der Waals surface area contributed by atoms with Gasteiger partial charge in [-0.3, -0.25) is 4.79 Å². The lowest BCUT2D eigenvalue weighted by atomic mass is 10.1. The van der Waals surface area contributed by atoms with Gasteiger partial charge in [0.05, 0.1) is 10.9 Å². The average Bonchev–Trinajstić information content (AvgIpc) is 2.30. The molecule has 2 rings (SSSR count). The second-order valence-electron chi connectivity index (χ2n) is 3.64. The minimum absolute atomic E-state index is 0.0293. The van der Waals surface area contributed by atoms with E-state index in [1.165, 1.54) is 24.4 Å². The lowest BCUT2D eigenvalue weighted by Crippen LogP contribution is -2.18. The molecule has 0 unspecified atom stereocenters. The van der Waals surface area contributed by atoms with Crippen LogP contribution in [0.25, 0.3) is 10.9 Å². The quantitative estimate of drug-likeness (QED) is 0.822. The minimum atomic E-state index is -1.26. The highest BCUT2D eigenvalue weighted by atomic mass is 16.4. The van der Waals surface area contributed by atoms with Gasteiger partial charge in [0.15, 0.2) is 0 Å². The van der Waals surface area contributed by atoms with E-state index in [0.29, 0.717) is 12.1 Å². The van der Waals surface area contributed by atoms with E-state index in [4.69, 9.17) is 5.11 Å². The lowest BCUT2D eigenvalue weighted by molar-refractivity contribution is 0.0695. The molecule has 1 aromatic carbocycles. The zero-order valence-electron chi connectivity index (χ0n) is 9.17. The summed E-state index contributed by atoms with van der Waals surface area (Å²) in [5.41, 5.74) is -0.497. The number of benzene rings is 1. The van der Waals surface area contributed by atoms with Crippen LogP contribution < -0.4 is 5.43 Å². The van der Waals surface area contributed by atoms with Crippen LogP contribution in [-0.4, -0.2) is 20.7 Å². The Kier molecular flexibility index (Phi) is 2.59.